The third-order valence-corrected chi connectivity index (χ3v) is 3.00. The molecule has 0 saturated carbocycles. The largest absolute Gasteiger partial charge is 0.383 e. The number of anilines is 1. The lowest BCUT2D eigenvalue weighted by atomic mass is 10.1. The molecule has 0 saturated heterocycles. The van der Waals surface area contributed by atoms with Crippen LogP contribution in [0.3, 0.4) is 0 Å². The van der Waals surface area contributed by atoms with Crippen LogP contribution in [-0.2, 0) is 13.0 Å². The predicted molar refractivity (Wildman–Crippen MR) is 58.3 cm³/mol. The van der Waals surface area contributed by atoms with Gasteiger partial charge in [-0.1, -0.05) is 11.8 Å². The summed E-state index contributed by atoms with van der Waals surface area (Å²) in [5.41, 5.74) is 8.11. The van der Waals surface area contributed by atoms with Gasteiger partial charge < -0.3 is 10.6 Å². The number of nitrogens with zero attached hydrogens (tertiary/aromatic N) is 3. The number of aromatic nitrogens is 2. The summed E-state index contributed by atoms with van der Waals surface area (Å²) in [4.78, 5) is 11.0. The third-order valence-electron chi connectivity index (χ3n) is 2.45. The molecule has 1 aliphatic rings. The summed E-state index contributed by atoms with van der Waals surface area (Å²) in [5, 5.41) is 0.775. The Hall–Kier alpha value is -0.810. The zero-order chi connectivity index (χ0) is 10.1. The first-order chi connectivity index (χ1) is 6.70. The van der Waals surface area contributed by atoms with Gasteiger partial charge in [-0.3, -0.25) is 0 Å². The van der Waals surface area contributed by atoms with Crippen LogP contribution in [0.5, 0.6) is 0 Å². The van der Waals surface area contributed by atoms with Gasteiger partial charge in [0, 0.05) is 18.7 Å². The van der Waals surface area contributed by atoms with E-state index in [9.17, 15) is 0 Å². The molecule has 0 bridgehead atoms. The van der Waals surface area contributed by atoms with Crippen molar-refractivity contribution in [3.05, 3.63) is 11.3 Å². The molecule has 0 unspecified atom stereocenters. The van der Waals surface area contributed by atoms with Crippen molar-refractivity contribution in [1.82, 2.24) is 14.9 Å². The molecule has 1 aliphatic heterocycles. The van der Waals surface area contributed by atoms with Crippen LogP contribution in [0, 0.1) is 0 Å². The van der Waals surface area contributed by atoms with E-state index in [1.165, 1.54) is 11.8 Å². The highest BCUT2D eigenvalue weighted by atomic mass is 32.2. The van der Waals surface area contributed by atoms with Gasteiger partial charge in [0.2, 0.25) is 0 Å². The van der Waals surface area contributed by atoms with E-state index in [0.717, 1.165) is 35.9 Å². The SMILES string of the molecule is CSc1nc(N)c2c(n1)CN(C)CC2. The first-order valence-electron chi connectivity index (χ1n) is 4.58. The molecule has 2 heterocycles. The fourth-order valence-electron chi connectivity index (χ4n) is 1.66. The van der Waals surface area contributed by atoms with E-state index in [-0.39, 0.29) is 0 Å². The Labute approximate surface area is 87.9 Å². The molecular formula is C9H14N4S. The van der Waals surface area contributed by atoms with Gasteiger partial charge in [-0.05, 0) is 19.7 Å². The molecule has 1 aromatic rings. The second kappa shape index (κ2) is 3.74. The lowest BCUT2D eigenvalue weighted by Crippen LogP contribution is -2.28. The van der Waals surface area contributed by atoms with Crippen LogP contribution in [-0.4, -0.2) is 34.7 Å². The molecule has 4 nitrogen and oxygen atoms in total. The van der Waals surface area contributed by atoms with Gasteiger partial charge in [-0.2, -0.15) is 0 Å². The van der Waals surface area contributed by atoms with Crippen LogP contribution >= 0.6 is 11.8 Å². The smallest absolute Gasteiger partial charge is 0.189 e. The van der Waals surface area contributed by atoms with E-state index >= 15 is 0 Å². The molecule has 0 aliphatic carbocycles. The van der Waals surface area contributed by atoms with Gasteiger partial charge in [0.1, 0.15) is 5.82 Å². The molecule has 76 valence electrons. The Kier molecular flexibility index (Phi) is 2.60. The highest BCUT2D eigenvalue weighted by Crippen LogP contribution is 2.23. The predicted octanol–water partition coefficient (Wildman–Crippen LogP) is 0.769. The average Bonchev–Trinajstić information content (AvgIpc) is 2.16. The molecule has 0 spiro atoms. The Morgan fingerprint density at radius 3 is 2.93 bits per heavy atom. The van der Waals surface area contributed by atoms with Crippen molar-refractivity contribution in [3.8, 4) is 0 Å². The maximum absolute atomic E-state index is 5.88. The fourth-order valence-corrected chi connectivity index (χ4v) is 2.05. The molecule has 2 N–H and O–H groups in total. The number of nitrogens with two attached hydrogens (primary N) is 1. The minimum atomic E-state index is 0.660. The molecule has 0 fully saturated rings. The highest BCUT2D eigenvalue weighted by molar-refractivity contribution is 7.98. The van der Waals surface area contributed by atoms with Crippen molar-refractivity contribution in [2.45, 2.75) is 18.1 Å². The van der Waals surface area contributed by atoms with Gasteiger partial charge in [0.05, 0.1) is 5.69 Å². The van der Waals surface area contributed by atoms with Crippen molar-refractivity contribution in [2.75, 3.05) is 25.6 Å². The van der Waals surface area contributed by atoms with E-state index < -0.39 is 0 Å². The first kappa shape index (κ1) is 9.73. The van der Waals surface area contributed by atoms with E-state index in [1.54, 1.807) is 0 Å². The summed E-state index contributed by atoms with van der Waals surface area (Å²) in [5.74, 6) is 0.660. The van der Waals surface area contributed by atoms with Gasteiger partial charge in [-0.25, -0.2) is 9.97 Å². The molecule has 0 radical (unpaired) electrons. The van der Waals surface area contributed by atoms with Crippen molar-refractivity contribution in [1.29, 1.82) is 0 Å². The second-order valence-electron chi connectivity index (χ2n) is 3.51. The fraction of sp³-hybridized carbons (Fsp3) is 0.556. The minimum absolute atomic E-state index is 0.660. The number of thioether (sulfide) groups is 1. The molecule has 1 aromatic heterocycles. The van der Waals surface area contributed by atoms with Crippen molar-refractivity contribution >= 4 is 17.6 Å². The second-order valence-corrected chi connectivity index (χ2v) is 4.28. The number of likely N-dealkylation sites (N-methyl/N-ethyl adjacent to an activating group) is 1. The molecule has 0 aromatic carbocycles. The molecule has 0 atom stereocenters. The lowest BCUT2D eigenvalue weighted by Gasteiger charge is -2.24. The maximum Gasteiger partial charge on any atom is 0.189 e. The molecular weight excluding hydrogens is 196 g/mol. The average molecular weight is 210 g/mol. The van der Waals surface area contributed by atoms with Crippen LogP contribution in [0.25, 0.3) is 0 Å². The van der Waals surface area contributed by atoms with Gasteiger partial charge in [0.25, 0.3) is 0 Å². The number of hydrogen-bond donors (Lipinski definition) is 1. The number of nitrogen functional groups attached to an aromatic ring is 1. The summed E-state index contributed by atoms with van der Waals surface area (Å²) in [6.45, 7) is 1.93. The maximum atomic E-state index is 5.88. The minimum Gasteiger partial charge on any atom is -0.383 e. The standard InChI is InChI=1S/C9H14N4S/c1-13-4-3-6-7(5-13)11-9(14-2)12-8(6)10/h3-5H2,1-2H3,(H2,10,11,12). The molecule has 0 amide bonds. The molecule has 2 rings (SSSR count). The van der Waals surface area contributed by atoms with Crippen molar-refractivity contribution in [2.24, 2.45) is 0 Å². The summed E-state index contributed by atoms with van der Waals surface area (Å²) in [7, 11) is 2.10. The van der Waals surface area contributed by atoms with Gasteiger partial charge in [0.15, 0.2) is 5.16 Å². The van der Waals surface area contributed by atoms with Crippen LogP contribution in [0.4, 0.5) is 5.82 Å². The quantitative estimate of drug-likeness (QED) is 0.548. The van der Waals surface area contributed by atoms with Crippen LogP contribution < -0.4 is 5.73 Å². The Bertz CT molecular complexity index is 353. The lowest BCUT2D eigenvalue weighted by molar-refractivity contribution is 0.306. The number of hydrogen-bond acceptors (Lipinski definition) is 5. The van der Waals surface area contributed by atoms with Crippen LogP contribution in [0.1, 0.15) is 11.3 Å². The summed E-state index contributed by atoms with van der Waals surface area (Å²) >= 11 is 1.54. The summed E-state index contributed by atoms with van der Waals surface area (Å²) < 4.78 is 0. The summed E-state index contributed by atoms with van der Waals surface area (Å²) in [6.07, 6.45) is 2.93. The number of rotatable bonds is 1. The number of fused-ring (bicyclic) bond motifs is 1. The monoisotopic (exact) mass is 210 g/mol. The van der Waals surface area contributed by atoms with Gasteiger partial charge in [-0.15, -0.1) is 0 Å². The van der Waals surface area contributed by atoms with Crippen LogP contribution in [0.2, 0.25) is 0 Å². The van der Waals surface area contributed by atoms with Crippen molar-refractivity contribution < 1.29 is 0 Å². The zero-order valence-electron chi connectivity index (χ0n) is 8.45. The summed E-state index contributed by atoms with van der Waals surface area (Å²) in [6, 6.07) is 0. The Morgan fingerprint density at radius 2 is 2.21 bits per heavy atom. The van der Waals surface area contributed by atoms with E-state index in [2.05, 4.69) is 21.9 Å². The Balaban J connectivity index is 2.43. The van der Waals surface area contributed by atoms with E-state index in [4.69, 9.17) is 5.73 Å². The third kappa shape index (κ3) is 1.69. The van der Waals surface area contributed by atoms with Crippen LogP contribution in [0.15, 0.2) is 5.16 Å². The van der Waals surface area contributed by atoms with Crippen molar-refractivity contribution in [3.63, 3.8) is 0 Å². The zero-order valence-corrected chi connectivity index (χ0v) is 9.27. The van der Waals surface area contributed by atoms with E-state index in [1.807, 2.05) is 6.26 Å². The molecule has 14 heavy (non-hydrogen) atoms. The Morgan fingerprint density at radius 1 is 1.43 bits per heavy atom. The van der Waals surface area contributed by atoms with Gasteiger partial charge >= 0.3 is 0 Å². The first-order valence-corrected chi connectivity index (χ1v) is 5.81. The molecule has 5 heteroatoms. The van der Waals surface area contributed by atoms with E-state index in [0.29, 0.717) is 5.82 Å². The highest BCUT2D eigenvalue weighted by Gasteiger charge is 2.18. The topological polar surface area (TPSA) is 55.0 Å². The normalized spacial score (nSPS) is 16.7.